The first kappa shape index (κ1) is 16.8. The lowest BCUT2D eigenvalue weighted by Crippen LogP contribution is -2.28. The van der Waals surface area contributed by atoms with Crippen molar-refractivity contribution in [1.82, 2.24) is 15.5 Å². The number of carbonyl (C=O) groups is 1. The Labute approximate surface area is 155 Å². The topological polar surface area (TPSA) is 77.2 Å². The minimum Gasteiger partial charge on any atom is -0.475 e. The molecule has 2 heterocycles. The zero-order valence-corrected chi connectivity index (χ0v) is 14.5. The Bertz CT molecular complexity index is 1040. The Balaban J connectivity index is 1.28. The average Bonchev–Trinajstić information content (AvgIpc) is 3.26. The van der Waals surface area contributed by atoms with Crippen LogP contribution < -0.4 is 10.1 Å². The molecule has 0 bridgehead atoms. The fraction of sp³-hybridized carbons (Fsp3) is 0.0952. The molecule has 4 aromatic rings. The number of ether oxygens (including phenoxy) is 1. The second-order valence-electron chi connectivity index (χ2n) is 5.90. The van der Waals surface area contributed by atoms with Gasteiger partial charge in [-0.05, 0) is 41.1 Å². The number of furan rings is 1. The summed E-state index contributed by atoms with van der Waals surface area (Å²) in [5.41, 5.74) is 1.26. The lowest BCUT2D eigenvalue weighted by atomic mass is 10.1. The van der Waals surface area contributed by atoms with E-state index < -0.39 is 0 Å². The third kappa shape index (κ3) is 3.95. The van der Waals surface area contributed by atoms with Gasteiger partial charge in [-0.25, -0.2) is 0 Å². The van der Waals surface area contributed by atoms with Crippen molar-refractivity contribution in [3.63, 3.8) is 0 Å². The Morgan fingerprint density at radius 2 is 1.85 bits per heavy atom. The number of rotatable bonds is 6. The van der Waals surface area contributed by atoms with Crippen LogP contribution in [0.3, 0.4) is 0 Å². The van der Waals surface area contributed by atoms with Crippen LogP contribution in [0.4, 0.5) is 0 Å². The van der Waals surface area contributed by atoms with Crippen molar-refractivity contribution in [3.8, 4) is 17.3 Å². The number of aromatic nitrogens is 2. The molecule has 0 atom stereocenters. The highest BCUT2D eigenvalue weighted by Crippen LogP contribution is 2.18. The third-order valence-corrected chi connectivity index (χ3v) is 4.06. The summed E-state index contributed by atoms with van der Waals surface area (Å²) in [6.07, 6.45) is 1.58. The van der Waals surface area contributed by atoms with Crippen LogP contribution in [-0.4, -0.2) is 29.3 Å². The van der Waals surface area contributed by atoms with Crippen molar-refractivity contribution in [3.05, 3.63) is 78.6 Å². The van der Waals surface area contributed by atoms with E-state index in [1.807, 2.05) is 48.5 Å². The van der Waals surface area contributed by atoms with E-state index in [4.69, 9.17) is 9.15 Å². The highest BCUT2D eigenvalue weighted by Gasteiger charge is 2.07. The van der Waals surface area contributed by atoms with Gasteiger partial charge in [0, 0.05) is 11.6 Å². The molecule has 4 rings (SSSR count). The fourth-order valence-corrected chi connectivity index (χ4v) is 2.71. The summed E-state index contributed by atoms with van der Waals surface area (Å²) < 4.78 is 10.8. The van der Waals surface area contributed by atoms with E-state index in [0.717, 1.165) is 10.8 Å². The molecule has 0 saturated carbocycles. The maximum Gasteiger partial charge on any atom is 0.251 e. The molecular formula is C21H17N3O3. The first-order chi connectivity index (χ1) is 13.3. The van der Waals surface area contributed by atoms with Crippen molar-refractivity contribution in [1.29, 1.82) is 0 Å². The molecule has 1 amide bonds. The van der Waals surface area contributed by atoms with Crippen molar-refractivity contribution in [2.24, 2.45) is 0 Å². The van der Waals surface area contributed by atoms with Gasteiger partial charge >= 0.3 is 0 Å². The molecule has 134 valence electrons. The van der Waals surface area contributed by atoms with Crippen LogP contribution in [0.5, 0.6) is 5.88 Å². The molecule has 0 spiro atoms. The molecule has 1 N–H and O–H groups in total. The third-order valence-electron chi connectivity index (χ3n) is 4.06. The summed E-state index contributed by atoms with van der Waals surface area (Å²) in [5.74, 6) is 0.908. The van der Waals surface area contributed by atoms with Gasteiger partial charge in [0.25, 0.3) is 5.91 Å². The molecule has 0 aliphatic heterocycles. The van der Waals surface area contributed by atoms with E-state index in [-0.39, 0.29) is 5.91 Å². The van der Waals surface area contributed by atoms with E-state index in [0.29, 0.717) is 36.0 Å². The normalized spacial score (nSPS) is 10.7. The van der Waals surface area contributed by atoms with Crippen LogP contribution in [0.1, 0.15) is 10.4 Å². The minimum absolute atomic E-state index is 0.136. The number of benzene rings is 2. The Kier molecular flexibility index (Phi) is 4.78. The number of fused-ring (bicyclic) bond motifs is 1. The first-order valence-electron chi connectivity index (χ1n) is 8.57. The van der Waals surface area contributed by atoms with Crippen molar-refractivity contribution in [2.45, 2.75) is 0 Å². The summed E-state index contributed by atoms with van der Waals surface area (Å²) in [6, 6.07) is 20.7. The highest BCUT2D eigenvalue weighted by molar-refractivity contribution is 5.98. The monoisotopic (exact) mass is 359 g/mol. The molecule has 2 aromatic carbocycles. The maximum absolute atomic E-state index is 12.3. The van der Waals surface area contributed by atoms with Gasteiger partial charge in [-0.2, -0.15) is 0 Å². The lowest BCUT2D eigenvalue weighted by molar-refractivity contribution is 0.0946. The summed E-state index contributed by atoms with van der Waals surface area (Å²) in [4.78, 5) is 12.3. The largest absolute Gasteiger partial charge is 0.475 e. The molecule has 6 nitrogen and oxygen atoms in total. The van der Waals surface area contributed by atoms with E-state index >= 15 is 0 Å². The highest BCUT2D eigenvalue weighted by atomic mass is 16.5. The molecule has 0 aliphatic rings. The minimum atomic E-state index is -0.136. The van der Waals surface area contributed by atoms with Gasteiger partial charge in [0.05, 0.1) is 12.8 Å². The van der Waals surface area contributed by atoms with E-state index in [1.165, 1.54) is 0 Å². The molecule has 0 saturated heterocycles. The first-order valence-corrected chi connectivity index (χ1v) is 8.57. The molecule has 2 aromatic heterocycles. The van der Waals surface area contributed by atoms with Gasteiger partial charge in [0.15, 0.2) is 5.76 Å². The average molecular weight is 359 g/mol. The van der Waals surface area contributed by atoms with Crippen molar-refractivity contribution >= 4 is 16.7 Å². The SMILES string of the molecule is O=C(NCCOc1ccc(-c2ccco2)nn1)c1ccc2ccccc2c1. The summed E-state index contributed by atoms with van der Waals surface area (Å²) in [6.45, 7) is 0.668. The fourth-order valence-electron chi connectivity index (χ4n) is 2.71. The summed E-state index contributed by atoms with van der Waals surface area (Å²) >= 11 is 0. The Morgan fingerprint density at radius 1 is 0.963 bits per heavy atom. The van der Waals surface area contributed by atoms with Gasteiger partial charge < -0.3 is 14.5 Å². The molecule has 0 fully saturated rings. The molecular weight excluding hydrogens is 342 g/mol. The predicted octanol–water partition coefficient (Wildman–Crippen LogP) is 3.70. The van der Waals surface area contributed by atoms with Gasteiger partial charge in [0.1, 0.15) is 12.3 Å². The predicted molar refractivity (Wildman–Crippen MR) is 102 cm³/mol. The maximum atomic E-state index is 12.3. The van der Waals surface area contributed by atoms with Crippen LogP contribution in [0, 0.1) is 0 Å². The van der Waals surface area contributed by atoms with Gasteiger partial charge in [0.2, 0.25) is 5.88 Å². The second kappa shape index (κ2) is 7.70. The lowest BCUT2D eigenvalue weighted by Gasteiger charge is -2.08. The molecule has 27 heavy (non-hydrogen) atoms. The van der Waals surface area contributed by atoms with Crippen LogP contribution in [0.15, 0.2) is 77.4 Å². The summed E-state index contributed by atoms with van der Waals surface area (Å²) in [5, 5.41) is 13.0. The zero-order chi connectivity index (χ0) is 18.5. The quantitative estimate of drug-likeness (QED) is 0.531. The molecule has 0 unspecified atom stereocenters. The molecule has 6 heteroatoms. The summed E-state index contributed by atoms with van der Waals surface area (Å²) in [7, 11) is 0. The zero-order valence-electron chi connectivity index (χ0n) is 14.5. The van der Waals surface area contributed by atoms with Crippen LogP contribution in [0.2, 0.25) is 0 Å². The van der Waals surface area contributed by atoms with E-state index in [2.05, 4.69) is 15.5 Å². The Morgan fingerprint density at radius 3 is 2.63 bits per heavy atom. The number of nitrogens with one attached hydrogen (secondary N) is 1. The number of amides is 1. The van der Waals surface area contributed by atoms with Gasteiger partial charge in [-0.15, -0.1) is 10.2 Å². The van der Waals surface area contributed by atoms with E-state index in [9.17, 15) is 4.79 Å². The smallest absolute Gasteiger partial charge is 0.251 e. The second-order valence-corrected chi connectivity index (χ2v) is 5.90. The number of hydrogen-bond donors (Lipinski definition) is 1. The number of hydrogen-bond acceptors (Lipinski definition) is 5. The van der Waals surface area contributed by atoms with Gasteiger partial charge in [-0.3, -0.25) is 4.79 Å². The Hall–Kier alpha value is -3.67. The van der Waals surface area contributed by atoms with Crippen LogP contribution in [0.25, 0.3) is 22.2 Å². The van der Waals surface area contributed by atoms with E-state index in [1.54, 1.807) is 24.5 Å². The number of carbonyl (C=O) groups excluding carboxylic acids is 1. The number of nitrogens with zero attached hydrogens (tertiary/aromatic N) is 2. The van der Waals surface area contributed by atoms with Crippen molar-refractivity contribution < 1.29 is 13.9 Å². The van der Waals surface area contributed by atoms with Crippen molar-refractivity contribution in [2.75, 3.05) is 13.2 Å². The van der Waals surface area contributed by atoms with Crippen LogP contribution >= 0.6 is 0 Å². The molecule has 0 radical (unpaired) electrons. The van der Waals surface area contributed by atoms with Crippen LogP contribution in [-0.2, 0) is 0 Å². The van der Waals surface area contributed by atoms with Gasteiger partial charge in [-0.1, -0.05) is 30.3 Å². The standard InChI is InChI=1S/C21H17N3O3/c25-21(17-8-7-15-4-1-2-5-16(15)14-17)22-11-13-27-20-10-9-18(23-24-20)19-6-3-12-26-19/h1-10,12,14H,11,13H2,(H,22,25). The molecule has 0 aliphatic carbocycles.